The van der Waals surface area contributed by atoms with Crippen molar-refractivity contribution in [1.82, 2.24) is 0 Å². The fourth-order valence-corrected chi connectivity index (χ4v) is 17.8. The molecule has 0 spiro atoms. The molecule has 91 heavy (non-hydrogen) atoms. The van der Waals surface area contributed by atoms with Crippen LogP contribution in [0.3, 0.4) is 0 Å². The van der Waals surface area contributed by atoms with E-state index in [9.17, 15) is 91.0 Å². The molecule has 30 nitrogen and oxygen atoms in total. The second-order valence-corrected chi connectivity index (χ2v) is 29.3. The summed E-state index contributed by atoms with van der Waals surface area (Å²) in [5.74, 6) is -5.90. The van der Waals surface area contributed by atoms with Crippen molar-refractivity contribution < 1.29 is 148 Å². The van der Waals surface area contributed by atoms with Gasteiger partial charge in [0.1, 0.15) is 78.8 Å². The number of aliphatic hydroxyl groups is 14. The van der Waals surface area contributed by atoms with Gasteiger partial charge in [0.2, 0.25) is 12.6 Å². The predicted molar refractivity (Wildman–Crippen MR) is 300 cm³/mol. The Morgan fingerprint density at radius 3 is 1.82 bits per heavy atom. The maximum atomic E-state index is 16.0. The topological polar surface area (TPSA) is 473 Å². The van der Waals surface area contributed by atoms with E-state index in [0.717, 1.165) is 12.5 Å². The molecular formula is C61H94O30. The molecule has 10 rings (SSSR count). The van der Waals surface area contributed by atoms with Crippen LogP contribution in [-0.4, -0.2) is 273 Å². The molecule has 10 aliphatic rings. The Labute approximate surface area is 525 Å². The monoisotopic (exact) mass is 1310 g/mol. The molecule has 5 aliphatic heterocycles. The molecule has 0 bridgehead atoms. The van der Waals surface area contributed by atoms with E-state index in [-0.39, 0.29) is 24.2 Å². The highest BCUT2D eigenvalue weighted by Gasteiger charge is 2.73. The molecule has 30 heteroatoms. The highest BCUT2D eigenvalue weighted by molar-refractivity contribution is 5.80. The molecule has 0 radical (unpaired) electrons. The van der Waals surface area contributed by atoms with Gasteiger partial charge in [0.05, 0.1) is 55.1 Å². The standard InChI is InChI=1S/C61H94O30/c1-23-32(66)41(86-48-37(71)34(68)33(67)29(20-62)85-48)39(73)50(82-23)89-44-43(88-52-46(75)61(80,21-63)22-81-52)40(84-25(3)64)24(2)83-51(44)91-54(79)60-16-14-55(4,5)18-27(60)26-10-11-30-56(6)19-28(65)45(74)59(9,31(56)12-13-58(30,8)57(26,7)15-17-60)53(78)90-49-38(72)35(69)36(70)42(87-49)47(76)77/h10,23-24,27-46,48-52,62-63,65-75,80H,11-22H2,1-9H3,(H,76,77). The van der Waals surface area contributed by atoms with Gasteiger partial charge in [0.25, 0.3) is 0 Å². The number of carboxylic acids is 1. The van der Waals surface area contributed by atoms with Gasteiger partial charge in [0, 0.05) is 6.92 Å². The van der Waals surface area contributed by atoms with Crippen LogP contribution in [0.4, 0.5) is 0 Å². The van der Waals surface area contributed by atoms with Gasteiger partial charge in [-0.3, -0.25) is 14.4 Å². The number of carboxylic acid groups (broad SMARTS) is 1. The molecule has 5 heterocycles. The molecule has 0 amide bonds. The molecule has 9 fully saturated rings. The SMILES string of the molecule is CC(=O)OC1C(C)OC(OC(=O)C23CCC(C)(C)CC2C2=CCC4C5(C)CC(O)C(O)C(C)(C(=O)OC6OC(C(=O)O)C(O)C(O)C6O)C5CCC4(C)C2(C)CC3)C(OC2OC(C)C(O)C(OC3OC(CO)C(O)C(O)C3O)C2O)C1OC1OCC(O)(CO)C1O. The zero-order valence-electron chi connectivity index (χ0n) is 52.5. The van der Waals surface area contributed by atoms with Gasteiger partial charge in [-0.25, -0.2) is 4.79 Å². The van der Waals surface area contributed by atoms with E-state index in [1.165, 1.54) is 20.8 Å². The first-order valence-corrected chi connectivity index (χ1v) is 31.6. The van der Waals surface area contributed by atoms with Crippen molar-refractivity contribution in [1.29, 1.82) is 0 Å². The van der Waals surface area contributed by atoms with Crippen LogP contribution < -0.4 is 0 Å². The molecule has 33 unspecified atom stereocenters. The number of esters is 3. The number of aliphatic carboxylic acids is 1. The van der Waals surface area contributed by atoms with E-state index in [1.54, 1.807) is 0 Å². The second kappa shape index (κ2) is 25.3. The smallest absolute Gasteiger partial charge is 0.335 e. The van der Waals surface area contributed by atoms with E-state index in [1.807, 2.05) is 6.92 Å². The number of rotatable bonds is 14. The molecule has 5 aliphatic carbocycles. The highest BCUT2D eigenvalue weighted by Crippen LogP contribution is 2.76. The van der Waals surface area contributed by atoms with E-state index in [4.69, 9.17) is 52.1 Å². The highest BCUT2D eigenvalue weighted by atomic mass is 16.8. The molecule has 518 valence electrons. The van der Waals surface area contributed by atoms with E-state index in [0.29, 0.717) is 44.9 Å². The quantitative estimate of drug-likeness (QED) is 0.0458. The summed E-state index contributed by atoms with van der Waals surface area (Å²) in [6, 6.07) is 0. The van der Waals surface area contributed by atoms with Crippen LogP contribution in [0.2, 0.25) is 0 Å². The predicted octanol–water partition coefficient (Wildman–Crippen LogP) is -3.38. The maximum absolute atomic E-state index is 16.0. The van der Waals surface area contributed by atoms with Crippen molar-refractivity contribution in [2.24, 2.45) is 50.2 Å². The lowest BCUT2D eigenvalue weighted by atomic mass is 9.33. The van der Waals surface area contributed by atoms with Gasteiger partial charge in [-0.15, -0.1) is 0 Å². The molecular weight excluding hydrogens is 1210 g/mol. The van der Waals surface area contributed by atoms with E-state index in [2.05, 4.69) is 33.8 Å². The van der Waals surface area contributed by atoms with Crippen LogP contribution in [0.5, 0.6) is 0 Å². The second-order valence-electron chi connectivity index (χ2n) is 29.3. The summed E-state index contributed by atoms with van der Waals surface area (Å²) in [6.45, 7) is 13.5. The number of ether oxygens (including phenoxy) is 11. The van der Waals surface area contributed by atoms with Gasteiger partial charge in [-0.1, -0.05) is 46.3 Å². The minimum Gasteiger partial charge on any atom is -0.479 e. The average Bonchev–Trinajstić information content (AvgIpc) is 0.933. The largest absolute Gasteiger partial charge is 0.479 e. The van der Waals surface area contributed by atoms with Crippen molar-refractivity contribution in [3.8, 4) is 0 Å². The molecule has 15 N–H and O–H groups in total. The third-order valence-electron chi connectivity index (χ3n) is 23.5. The zero-order valence-corrected chi connectivity index (χ0v) is 52.5. The molecule has 33 atom stereocenters. The minimum atomic E-state index is -2.25. The first-order valence-electron chi connectivity index (χ1n) is 31.6. The lowest BCUT2D eigenvalue weighted by Crippen LogP contribution is -2.69. The fourth-order valence-electron chi connectivity index (χ4n) is 17.8. The van der Waals surface area contributed by atoms with Crippen LogP contribution >= 0.6 is 0 Å². The van der Waals surface area contributed by atoms with Crippen LogP contribution in [0.15, 0.2) is 11.6 Å². The Balaban J connectivity index is 0.976. The lowest BCUT2D eigenvalue weighted by molar-refractivity contribution is -0.386. The first-order chi connectivity index (χ1) is 42.4. The number of carbonyl (C=O) groups is 4. The minimum absolute atomic E-state index is 0.0526. The number of aliphatic hydroxyl groups excluding tert-OH is 13. The number of hydrogen-bond acceptors (Lipinski definition) is 29. The van der Waals surface area contributed by atoms with Gasteiger partial charge in [-0.05, 0) is 118 Å². The summed E-state index contributed by atoms with van der Waals surface area (Å²) in [6.07, 6.45) is -38.0. The molecule has 0 aromatic rings. The molecule has 5 saturated heterocycles. The van der Waals surface area contributed by atoms with Crippen LogP contribution in [-0.2, 0) is 71.3 Å². The lowest BCUT2D eigenvalue weighted by Gasteiger charge is -2.71. The normalized spacial score (nSPS) is 52.9. The van der Waals surface area contributed by atoms with E-state index < -0.39 is 236 Å². The van der Waals surface area contributed by atoms with Crippen molar-refractivity contribution in [3.05, 3.63) is 11.6 Å². The number of allylic oxidation sites excluding steroid dienone is 2. The fraction of sp³-hybridized carbons (Fsp3) is 0.902. The number of carbonyl (C=O) groups excluding carboxylic acids is 3. The van der Waals surface area contributed by atoms with Gasteiger partial charge >= 0.3 is 23.9 Å². The van der Waals surface area contributed by atoms with Crippen LogP contribution in [0, 0.1) is 50.2 Å². The van der Waals surface area contributed by atoms with Gasteiger partial charge < -0.3 is 129 Å². The molecule has 4 saturated carbocycles. The van der Waals surface area contributed by atoms with Gasteiger partial charge in [-0.2, -0.15) is 0 Å². The Morgan fingerprint density at radius 2 is 1.19 bits per heavy atom. The average molecular weight is 1310 g/mol. The summed E-state index contributed by atoms with van der Waals surface area (Å²) >= 11 is 0. The maximum Gasteiger partial charge on any atom is 0.335 e. The van der Waals surface area contributed by atoms with Crippen molar-refractivity contribution in [3.63, 3.8) is 0 Å². The zero-order chi connectivity index (χ0) is 66.9. The summed E-state index contributed by atoms with van der Waals surface area (Å²) in [4.78, 5) is 55.6. The van der Waals surface area contributed by atoms with Crippen LogP contribution in [0.1, 0.15) is 120 Å². The third-order valence-corrected chi connectivity index (χ3v) is 23.5. The summed E-state index contributed by atoms with van der Waals surface area (Å²) in [5, 5.41) is 163. The number of fused-ring (bicyclic) bond motifs is 7. The summed E-state index contributed by atoms with van der Waals surface area (Å²) in [5.41, 5.74) is -6.98. The summed E-state index contributed by atoms with van der Waals surface area (Å²) in [7, 11) is 0. The third kappa shape index (κ3) is 11.6. The molecule has 0 aromatic carbocycles. The van der Waals surface area contributed by atoms with Gasteiger partial charge in [0.15, 0.2) is 37.2 Å². The Hall–Kier alpha value is -3.26. The van der Waals surface area contributed by atoms with Crippen molar-refractivity contribution in [2.75, 3.05) is 19.8 Å². The Kier molecular flexibility index (Phi) is 19.6. The molecule has 0 aromatic heterocycles. The van der Waals surface area contributed by atoms with Crippen molar-refractivity contribution in [2.45, 2.75) is 273 Å². The Morgan fingerprint density at radius 1 is 0.582 bits per heavy atom. The first kappa shape index (κ1) is 70.5. The Bertz CT molecular complexity index is 2720. The van der Waals surface area contributed by atoms with Crippen LogP contribution in [0.25, 0.3) is 0 Å². The van der Waals surface area contributed by atoms with Crippen molar-refractivity contribution >= 4 is 23.9 Å². The summed E-state index contributed by atoms with van der Waals surface area (Å²) < 4.78 is 66.0. The number of hydrogen-bond donors (Lipinski definition) is 15. The van der Waals surface area contributed by atoms with E-state index >= 15 is 4.79 Å².